The zero-order valence-electron chi connectivity index (χ0n) is 42.4. The van der Waals surface area contributed by atoms with Crippen LogP contribution in [0.4, 0.5) is 46.0 Å². The van der Waals surface area contributed by atoms with Crippen LogP contribution in [0.3, 0.4) is 0 Å². The van der Waals surface area contributed by atoms with Crippen molar-refractivity contribution in [3.05, 3.63) is 123 Å². The third-order valence-electron chi connectivity index (χ3n) is 13.1. The number of imidazole rings is 1. The minimum atomic E-state index is -2.60. The molecule has 5 heterocycles. The molecule has 0 bridgehead atoms. The van der Waals surface area contributed by atoms with Gasteiger partial charge in [-0.25, -0.2) is 22.4 Å². The predicted molar refractivity (Wildman–Crippen MR) is 273 cm³/mol. The van der Waals surface area contributed by atoms with Gasteiger partial charge < -0.3 is 14.7 Å². The van der Waals surface area contributed by atoms with E-state index in [0.29, 0.717) is 22.3 Å². The molecule has 0 saturated carbocycles. The number of aryl methyl sites for hydroxylation is 8. The van der Waals surface area contributed by atoms with Gasteiger partial charge in [-0.05, 0) is 133 Å². The third kappa shape index (κ3) is 10.2. The Hall–Kier alpha value is -6.64. The minimum Gasteiger partial charge on any atom is -0.341 e. The quantitative estimate of drug-likeness (QED) is 0.141. The topological polar surface area (TPSA) is 89.4 Å². The summed E-state index contributed by atoms with van der Waals surface area (Å²) in [5.74, 6) is -0.0440. The van der Waals surface area contributed by atoms with Gasteiger partial charge in [0.15, 0.2) is 0 Å². The van der Waals surface area contributed by atoms with E-state index in [1.165, 1.54) is 0 Å². The first-order valence-corrected chi connectivity index (χ1v) is 23.9. The van der Waals surface area contributed by atoms with Crippen molar-refractivity contribution in [2.45, 2.75) is 100 Å². The highest BCUT2D eigenvalue weighted by atomic mass is 19.3. The maximum Gasteiger partial charge on any atom is 0.328 e. The zero-order chi connectivity index (χ0) is 50.6. The van der Waals surface area contributed by atoms with Gasteiger partial charge in [-0.1, -0.05) is 34.6 Å². The molecule has 9 rings (SSSR count). The van der Waals surface area contributed by atoms with Crippen LogP contribution in [0, 0.1) is 13.8 Å². The number of alkyl halides is 4. The predicted octanol–water partition coefficient (Wildman–Crippen LogP) is 12.6. The van der Waals surface area contributed by atoms with Crippen LogP contribution < -0.4 is 20.4 Å². The van der Waals surface area contributed by atoms with Crippen LogP contribution in [-0.4, -0.2) is 54.7 Å². The molecule has 4 aromatic carbocycles. The van der Waals surface area contributed by atoms with E-state index in [1.807, 2.05) is 71.9 Å². The molecule has 11 nitrogen and oxygen atoms in total. The molecule has 0 N–H and O–H groups in total. The maximum atomic E-state index is 14.2. The fraction of sp³-hybridized carbons (Fsp3) is 0.407. The Morgan fingerprint density at radius 1 is 0.696 bits per heavy atom. The number of hydrogen-bond donors (Lipinski definition) is 0. The molecular formula is C54H67F4N9O2. The van der Waals surface area contributed by atoms with Gasteiger partial charge in [-0.2, -0.15) is 10.2 Å². The van der Waals surface area contributed by atoms with Crippen LogP contribution in [0.25, 0.3) is 33.3 Å². The van der Waals surface area contributed by atoms with Crippen molar-refractivity contribution in [2.24, 2.45) is 28.2 Å². The summed E-state index contributed by atoms with van der Waals surface area (Å²) in [5, 5.41) is 8.32. The summed E-state index contributed by atoms with van der Waals surface area (Å²) in [6.45, 7) is 17.1. The summed E-state index contributed by atoms with van der Waals surface area (Å²) in [6, 6.07) is 15.2. The van der Waals surface area contributed by atoms with Crippen LogP contribution in [-0.2, 0) is 52.2 Å². The number of anilines is 5. The van der Waals surface area contributed by atoms with Crippen molar-refractivity contribution >= 4 is 45.4 Å². The Labute approximate surface area is 403 Å². The second kappa shape index (κ2) is 21.8. The molecule has 1 amide bonds. The van der Waals surface area contributed by atoms with Gasteiger partial charge in [0.1, 0.15) is 0 Å². The number of carbonyl (C=O) groups is 1. The van der Waals surface area contributed by atoms with Gasteiger partial charge in [-0.3, -0.25) is 23.3 Å². The smallest absolute Gasteiger partial charge is 0.328 e. The van der Waals surface area contributed by atoms with Crippen molar-refractivity contribution < 1.29 is 22.4 Å². The number of aromatic nitrogens is 6. The third-order valence-corrected chi connectivity index (χ3v) is 13.1. The first-order valence-electron chi connectivity index (χ1n) is 23.9. The summed E-state index contributed by atoms with van der Waals surface area (Å²) < 4.78 is 63.1. The molecule has 7 aromatic rings. The molecular weight excluding hydrogens is 883 g/mol. The number of hydrogen-bond acceptors (Lipinski definition) is 6. The molecule has 3 aromatic heterocycles. The lowest BCUT2D eigenvalue weighted by Gasteiger charge is -2.34. The molecule has 0 aliphatic carbocycles. The van der Waals surface area contributed by atoms with E-state index in [1.54, 1.807) is 102 Å². The summed E-state index contributed by atoms with van der Waals surface area (Å²) >= 11 is 0. The van der Waals surface area contributed by atoms with E-state index in [4.69, 9.17) is 0 Å². The Morgan fingerprint density at radius 3 is 1.59 bits per heavy atom. The largest absolute Gasteiger partial charge is 0.341 e. The monoisotopic (exact) mass is 950 g/mol. The lowest BCUT2D eigenvalue weighted by atomic mass is 9.92. The van der Waals surface area contributed by atoms with E-state index >= 15 is 0 Å². The van der Waals surface area contributed by atoms with Crippen molar-refractivity contribution in [1.29, 1.82) is 0 Å². The number of carbonyl (C=O) groups excluding carboxylic acids is 1. The van der Waals surface area contributed by atoms with E-state index in [-0.39, 0.29) is 22.7 Å². The number of nitrogens with zero attached hydrogens (tertiary/aromatic N) is 9. The van der Waals surface area contributed by atoms with Crippen molar-refractivity contribution in [3.63, 3.8) is 0 Å². The molecule has 0 saturated heterocycles. The molecule has 0 radical (unpaired) electrons. The molecule has 0 atom stereocenters. The molecule has 0 fully saturated rings. The van der Waals surface area contributed by atoms with Crippen LogP contribution in [0.2, 0.25) is 0 Å². The van der Waals surface area contributed by atoms with Crippen molar-refractivity contribution in [2.75, 3.05) is 34.8 Å². The van der Waals surface area contributed by atoms with Crippen molar-refractivity contribution in [3.8, 4) is 22.3 Å². The van der Waals surface area contributed by atoms with Crippen LogP contribution >= 0.6 is 0 Å². The van der Waals surface area contributed by atoms with Gasteiger partial charge in [-0.15, -0.1) is 0 Å². The molecule has 0 unspecified atom stereocenters. The van der Waals surface area contributed by atoms with E-state index in [2.05, 4.69) is 33.0 Å². The Bertz CT molecular complexity index is 3020. The van der Waals surface area contributed by atoms with Crippen LogP contribution in [0.5, 0.6) is 0 Å². The highest BCUT2D eigenvalue weighted by Gasteiger charge is 2.28. The maximum absolute atomic E-state index is 14.2. The molecule has 2 aliphatic rings. The average Bonchev–Trinajstić information content (AvgIpc) is 4.05. The molecule has 15 heteroatoms. The van der Waals surface area contributed by atoms with Gasteiger partial charge in [0.25, 0.3) is 12.9 Å². The lowest BCUT2D eigenvalue weighted by Crippen LogP contribution is -2.27. The second-order valence-electron chi connectivity index (χ2n) is 17.3. The molecule has 69 heavy (non-hydrogen) atoms. The SMILES string of the molecule is CC.CC.CCc1cc(N2CCCc3cc(-c4cnn(C)c4)c(C(F)F)cc32)cc(N(C)C(C)=O)c1C.Cc1cc(N2CCCc3cc(-c4cnn(C)c4)c(C(F)F)cc32)cc2c1n(C)c(=O)n2C. The van der Waals surface area contributed by atoms with E-state index in [9.17, 15) is 27.2 Å². The lowest BCUT2D eigenvalue weighted by molar-refractivity contribution is -0.116. The van der Waals surface area contributed by atoms with Gasteiger partial charge in [0.2, 0.25) is 5.91 Å². The Kier molecular flexibility index (Phi) is 16.3. The normalized spacial score (nSPS) is 13.0. The summed E-state index contributed by atoms with van der Waals surface area (Å²) in [7, 11) is 8.85. The first-order chi connectivity index (χ1) is 33.0. The Morgan fingerprint density at radius 2 is 1.17 bits per heavy atom. The first kappa shape index (κ1) is 51.7. The number of benzene rings is 4. The standard InChI is InChI=1S/C26H30F2N4O.C24H25F2N5O.2C2H6/c1-6-18-10-21(12-24(16(18)2)31(5)17(3)33)32-9-7-8-19-11-22(20-14-29-30(4)15-20)23(26(27)28)13-25(19)32;1-14-8-17(10-21-22(14)30(4)24(32)29(21)3)31-7-5-6-15-9-18(16-12-27-28(2)13-16)19(23(25)26)11-20(15)31;2*1-2/h10-15,26H,6-9H2,1-5H3;8-13,23H,5-7H2,1-4H3;2*1-2H3. The number of amides is 1. The molecule has 0 spiro atoms. The summed E-state index contributed by atoms with van der Waals surface area (Å²) in [5.41, 5.74) is 13.7. The van der Waals surface area contributed by atoms with Gasteiger partial charge >= 0.3 is 5.69 Å². The highest BCUT2D eigenvalue weighted by Crippen LogP contribution is 2.44. The van der Waals surface area contributed by atoms with Crippen molar-refractivity contribution in [1.82, 2.24) is 28.7 Å². The number of rotatable bonds is 8. The summed E-state index contributed by atoms with van der Waals surface area (Å²) in [6.07, 6.45) is 5.90. The van der Waals surface area contributed by atoms with E-state index in [0.717, 1.165) is 112 Å². The molecule has 368 valence electrons. The Balaban J connectivity index is 0.000000212. The fourth-order valence-corrected chi connectivity index (χ4v) is 9.61. The zero-order valence-corrected chi connectivity index (χ0v) is 42.4. The van der Waals surface area contributed by atoms with Crippen LogP contribution in [0.1, 0.15) is 106 Å². The van der Waals surface area contributed by atoms with Crippen LogP contribution in [0.15, 0.2) is 78.1 Å². The highest BCUT2D eigenvalue weighted by molar-refractivity contribution is 5.93. The summed E-state index contributed by atoms with van der Waals surface area (Å²) in [4.78, 5) is 30.4. The number of fused-ring (bicyclic) bond motifs is 3. The fourth-order valence-electron chi connectivity index (χ4n) is 9.61. The second-order valence-corrected chi connectivity index (χ2v) is 17.3. The van der Waals surface area contributed by atoms with Gasteiger partial charge in [0, 0.05) is 118 Å². The average molecular weight is 950 g/mol. The van der Waals surface area contributed by atoms with Gasteiger partial charge in [0.05, 0.1) is 23.4 Å². The van der Waals surface area contributed by atoms with E-state index < -0.39 is 12.9 Å². The number of halogens is 4. The molecule has 2 aliphatic heterocycles. The minimum absolute atomic E-state index is 0.00793.